The largest absolute Gasteiger partial charge is 0.351 e. The van der Waals surface area contributed by atoms with Crippen LogP contribution in [0.2, 0.25) is 0 Å². The van der Waals surface area contributed by atoms with Crippen molar-refractivity contribution in [1.29, 1.82) is 0 Å². The van der Waals surface area contributed by atoms with E-state index in [-0.39, 0.29) is 5.91 Å². The Morgan fingerprint density at radius 1 is 1.53 bits per heavy atom. The smallest absolute Gasteiger partial charge is 0.220 e. The van der Waals surface area contributed by atoms with E-state index in [0.717, 1.165) is 16.6 Å². The Bertz CT molecular complexity index is 354. The third-order valence-electron chi connectivity index (χ3n) is 2.61. The van der Waals surface area contributed by atoms with E-state index in [0.29, 0.717) is 25.4 Å². The van der Waals surface area contributed by atoms with Gasteiger partial charge in [0.1, 0.15) is 0 Å². The Morgan fingerprint density at radius 2 is 2.29 bits per heavy atom. The minimum Gasteiger partial charge on any atom is -0.351 e. The molecule has 0 saturated carbocycles. The second kappa shape index (κ2) is 7.84. The number of amides is 1. The quantitative estimate of drug-likeness (QED) is 0.812. The first-order valence-electron chi connectivity index (χ1n) is 5.82. The highest BCUT2D eigenvalue weighted by atomic mass is 79.9. The fourth-order valence-corrected chi connectivity index (χ4v) is 2.95. The summed E-state index contributed by atoms with van der Waals surface area (Å²) in [5.41, 5.74) is 5.47. The molecule has 0 aromatic carbocycles. The van der Waals surface area contributed by atoms with Crippen LogP contribution in [0.15, 0.2) is 15.9 Å². The molecule has 17 heavy (non-hydrogen) atoms. The van der Waals surface area contributed by atoms with Crippen LogP contribution in [0.1, 0.15) is 31.1 Å². The first-order chi connectivity index (χ1) is 8.11. The van der Waals surface area contributed by atoms with E-state index >= 15 is 0 Å². The van der Waals surface area contributed by atoms with Crippen LogP contribution in [-0.2, 0) is 11.3 Å². The molecule has 1 aromatic heterocycles. The lowest BCUT2D eigenvalue weighted by Gasteiger charge is -2.09. The normalized spacial score (nSPS) is 12.4. The molecular weight excluding hydrogens is 300 g/mol. The van der Waals surface area contributed by atoms with Crippen molar-refractivity contribution in [3.05, 3.63) is 20.8 Å². The number of halogens is 1. The Balaban J connectivity index is 2.17. The summed E-state index contributed by atoms with van der Waals surface area (Å²) >= 11 is 5.05. The van der Waals surface area contributed by atoms with Crippen LogP contribution < -0.4 is 11.1 Å². The molecule has 0 spiro atoms. The predicted molar refractivity (Wildman–Crippen MR) is 75.9 cm³/mol. The van der Waals surface area contributed by atoms with Crippen molar-refractivity contribution in [2.24, 2.45) is 11.7 Å². The first-order valence-corrected chi connectivity index (χ1v) is 7.43. The predicted octanol–water partition coefficient (Wildman–Crippen LogP) is 2.89. The first kappa shape index (κ1) is 14.7. The molecule has 1 unspecified atom stereocenters. The summed E-state index contributed by atoms with van der Waals surface area (Å²) < 4.78 is 1.10. The van der Waals surface area contributed by atoms with Crippen LogP contribution in [0.25, 0.3) is 0 Å². The molecule has 0 aliphatic rings. The average Bonchev–Trinajstić information content (AvgIpc) is 2.70. The summed E-state index contributed by atoms with van der Waals surface area (Å²) in [4.78, 5) is 12.7. The molecule has 0 aliphatic carbocycles. The topological polar surface area (TPSA) is 55.1 Å². The van der Waals surface area contributed by atoms with Crippen LogP contribution in [0, 0.1) is 5.92 Å². The van der Waals surface area contributed by atoms with Gasteiger partial charge in [-0.1, -0.05) is 6.92 Å². The second-order valence-corrected chi connectivity index (χ2v) is 6.75. The maximum absolute atomic E-state index is 11.6. The fraction of sp³-hybridized carbons (Fsp3) is 0.583. The van der Waals surface area contributed by atoms with E-state index in [1.807, 2.05) is 12.1 Å². The van der Waals surface area contributed by atoms with Crippen molar-refractivity contribution >= 4 is 33.2 Å². The Morgan fingerprint density at radius 3 is 2.88 bits per heavy atom. The summed E-state index contributed by atoms with van der Waals surface area (Å²) in [5, 5.41) is 2.93. The minimum absolute atomic E-state index is 0.124. The van der Waals surface area contributed by atoms with Crippen LogP contribution in [-0.4, -0.2) is 12.5 Å². The summed E-state index contributed by atoms with van der Waals surface area (Å²) in [6.07, 6.45) is 2.50. The van der Waals surface area contributed by atoms with E-state index in [9.17, 15) is 4.79 Å². The maximum Gasteiger partial charge on any atom is 0.220 e. The Hall–Kier alpha value is -0.390. The van der Waals surface area contributed by atoms with Gasteiger partial charge in [-0.15, -0.1) is 11.3 Å². The fourth-order valence-electron chi connectivity index (χ4n) is 1.53. The van der Waals surface area contributed by atoms with Gasteiger partial charge in [-0.05, 0) is 53.4 Å². The molecule has 0 bridgehead atoms. The lowest BCUT2D eigenvalue weighted by molar-refractivity contribution is -0.121. The average molecular weight is 319 g/mol. The second-order valence-electron chi connectivity index (χ2n) is 4.20. The van der Waals surface area contributed by atoms with Gasteiger partial charge in [0.15, 0.2) is 0 Å². The third-order valence-corrected chi connectivity index (χ3v) is 4.24. The van der Waals surface area contributed by atoms with Crippen LogP contribution in [0.5, 0.6) is 0 Å². The summed E-state index contributed by atoms with van der Waals surface area (Å²) in [6.45, 7) is 3.46. The molecule has 1 heterocycles. The van der Waals surface area contributed by atoms with Gasteiger partial charge in [-0.3, -0.25) is 4.79 Å². The third kappa shape index (κ3) is 6.19. The number of nitrogens with one attached hydrogen (secondary N) is 1. The zero-order valence-electron chi connectivity index (χ0n) is 10.0. The van der Waals surface area contributed by atoms with Crippen LogP contribution in [0.4, 0.5) is 0 Å². The van der Waals surface area contributed by atoms with E-state index in [4.69, 9.17) is 5.73 Å². The van der Waals surface area contributed by atoms with Gasteiger partial charge < -0.3 is 11.1 Å². The standard InChI is InChI=1S/C12H19BrN2OS/c1-9(6-7-14)2-5-12(16)15-8-10-3-4-11(13)17-10/h3-4,9H,2,5-8,14H2,1H3,(H,15,16). The highest BCUT2D eigenvalue weighted by molar-refractivity contribution is 9.11. The minimum atomic E-state index is 0.124. The molecule has 1 amide bonds. The van der Waals surface area contributed by atoms with E-state index in [1.54, 1.807) is 11.3 Å². The lowest BCUT2D eigenvalue weighted by atomic mass is 10.0. The molecule has 1 atom stereocenters. The molecule has 0 aliphatic heterocycles. The maximum atomic E-state index is 11.6. The molecule has 3 nitrogen and oxygen atoms in total. The molecule has 1 aromatic rings. The Labute approximate surface area is 115 Å². The molecule has 0 radical (unpaired) electrons. The monoisotopic (exact) mass is 318 g/mol. The van der Waals surface area contributed by atoms with E-state index in [1.165, 1.54) is 4.88 Å². The van der Waals surface area contributed by atoms with Crippen molar-refractivity contribution in [2.75, 3.05) is 6.54 Å². The van der Waals surface area contributed by atoms with Crippen molar-refractivity contribution in [3.8, 4) is 0 Å². The summed E-state index contributed by atoms with van der Waals surface area (Å²) in [5.74, 6) is 0.653. The number of nitrogens with two attached hydrogens (primary N) is 1. The SMILES string of the molecule is CC(CCN)CCC(=O)NCc1ccc(Br)s1. The number of hydrogen-bond donors (Lipinski definition) is 2. The molecule has 0 saturated heterocycles. The van der Waals surface area contributed by atoms with Gasteiger partial charge in [0, 0.05) is 11.3 Å². The molecule has 1 rings (SSSR count). The lowest BCUT2D eigenvalue weighted by Crippen LogP contribution is -2.22. The molecule has 0 fully saturated rings. The van der Waals surface area contributed by atoms with Gasteiger partial charge in [-0.2, -0.15) is 0 Å². The van der Waals surface area contributed by atoms with Crippen molar-refractivity contribution in [2.45, 2.75) is 32.7 Å². The number of thiophene rings is 1. The summed E-state index contributed by atoms with van der Waals surface area (Å²) in [6, 6.07) is 4.02. The number of carbonyl (C=O) groups is 1. The van der Waals surface area contributed by atoms with Crippen LogP contribution in [0.3, 0.4) is 0 Å². The zero-order chi connectivity index (χ0) is 12.7. The molecule has 96 valence electrons. The van der Waals surface area contributed by atoms with Gasteiger partial charge >= 0.3 is 0 Å². The Kier molecular flexibility index (Phi) is 6.77. The number of hydrogen-bond acceptors (Lipinski definition) is 3. The number of carbonyl (C=O) groups excluding carboxylic acids is 1. The molecular formula is C12H19BrN2OS. The highest BCUT2D eigenvalue weighted by Crippen LogP contribution is 2.21. The van der Waals surface area contributed by atoms with Crippen LogP contribution >= 0.6 is 27.3 Å². The van der Waals surface area contributed by atoms with Gasteiger partial charge in [0.25, 0.3) is 0 Å². The zero-order valence-corrected chi connectivity index (χ0v) is 12.4. The van der Waals surface area contributed by atoms with E-state index in [2.05, 4.69) is 28.2 Å². The van der Waals surface area contributed by atoms with Crippen molar-refractivity contribution in [3.63, 3.8) is 0 Å². The van der Waals surface area contributed by atoms with Gasteiger partial charge in [0.2, 0.25) is 5.91 Å². The number of rotatable bonds is 7. The van der Waals surface area contributed by atoms with Crippen molar-refractivity contribution < 1.29 is 4.79 Å². The summed E-state index contributed by atoms with van der Waals surface area (Å²) in [7, 11) is 0. The van der Waals surface area contributed by atoms with E-state index < -0.39 is 0 Å². The highest BCUT2D eigenvalue weighted by Gasteiger charge is 2.06. The molecule has 5 heteroatoms. The van der Waals surface area contributed by atoms with Crippen molar-refractivity contribution in [1.82, 2.24) is 5.32 Å². The van der Waals surface area contributed by atoms with Gasteiger partial charge in [0.05, 0.1) is 10.3 Å². The molecule has 3 N–H and O–H groups in total. The van der Waals surface area contributed by atoms with Gasteiger partial charge in [-0.25, -0.2) is 0 Å².